The minimum absolute atomic E-state index is 0.111. The van der Waals surface area contributed by atoms with Crippen molar-refractivity contribution in [3.05, 3.63) is 59.9 Å². The first kappa shape index (κ1) is 21.0. The maximum Gasteiger partial charge on any atom is 0.290 e. The van der Waals surface area contributed by atoms with Crippen LogP contribution in [0.4, 0.5) is 11.4 Å². The average Bonchev–Trinajstić information content (AvgIpc) is 3.24. The minimum atomic E-state index is -0.883. The van der Waals surface area contributed by atoms with Crippen LogP contribution in [-0.2, 0) is 14.3 Å². The van der Waals surface area contributed by atoms with Crippen LogP contribution < -0.4 is 14.8 Å². The summed E-state index contributed by atoms with van der Waals surface area (Å²) in [6.07, 6.45) is 0.428. The number of anilines is 1. The fraction of sp³-hybridized carbons (Fsp3) is 0.273. The third-order valence-corrected chi connectivity index (χ3v) is 4.54. The highest BCUT2D eigenvalue weighted by molar-refractivity contribution is 6.04. The van der Waals surface area contributed by atoms with Crippen molar-refractivity contribution >= 4 is 23.1 Å². The second kappa shape index (κ2) is 9.69. The third kappa shape index (κ3) is 5.02. The van der Waals surface area contributed by atoms with Gasteiger partial charge in [0.25, 0.3) is 5.91 Å². The number of ether oxygens (including phenoxy) is 3. The largest absolute Gasteiger partial charge is 0.497 e. The SMILES string of the molecule is COc1ccc(N=NC(C(C)=O)C2=C(C(=O)Nc3ccc(OC)cc3)OCC2)cc1. The molecule has 1 amide bonds. The van der Waals surface area contributed by atoms with Crippen LogP contribution in [-0.4, -0.2) is 38.6 Å². The summed E-state index contributed by atoms with van der Waals surface area (Å²) in [4.78, 5) is 25.0. The number of rotatable bonds is 8. The van der Waals surface area contributed by atoms with Gasteiger partial charge in [-0.2, -0.15) is 10.2 Å². The van der Waals surface area contributed by atoms with Crippen molar-refractivity contribution in [2.75, 3.05) is 26.1 Å². The Morgan fingerprint density at radius 3 is 2.17 bits per heavy atom. The highest BCUT2D eigenvalue weighted by Gasteiger charge is 2.31. The van der Waals surface area contributed by atoms with Gasteiger partial charge < -0.3 is 19.5 Å². The molecule has 0 saturated carbocycles. The van der Waals surface area contributed by atoms with Crippen LogP contribution in [0.1, 0.15) is 13.3 Å². The van der Waals surface area contributed by atoms with Crippen LogP contribution in [0.5, 0.6) is 11.5 Å². The lowest BCUT2D eigenvalue weighted by molar-refractivity contribution is -0.117. The zero-order valence-electron chi connectivity index (χ0n) is 17.0. The van der Waals surface area contributed by atoms with Crippen molar-refractivity contribution in [1.82, 2.24) is 0 Å². The van der Waals surface area contributed by atoms with Crippen LogP contribution in [0.3, 0.4) is 0 Å². The Labute approximate surface area is 174 Å². The molecule has 0 saturated heterocycles. The molecule has 0 fully saturated rings. The lowest BCUT2D eigenvalue weighted by atomic mass is 10.0. The average molecular weight is 409 g/mol. The zero-order valence-corrected chi connectivity index (χ0v) is 17.0. The van der Waals surface area contributed by atoms with Gasteiger partial charge >= 0.3 is 0 Å². The Bertz CT molecular complexity index is 965. The van der Waals surface area contributed by atoms with Crippen molar-refractivity contribution < 1.29 is 23.8 Å². The summed E-state index contributed by atoms with van der Waals surface area (Å²) in [6, 6.07) is 13.0. The summed E-state index contributed by atoms with van der Waals surface area (Å²) in [5.74, 6) is 0.836. The molecule has 0 aliphatic carbocycles. The Morgan fingerprint density at radius 2 is 1.60 bits per heavy atom. The molecule has 1 unspecified atom stereocenters. The van der Waals surface area contributed by atoms with Crippen molar-refractivity contribution in [3.63, 3.8) is 0 Å². The number of carbonyl (C=O) groups excluding carboxylic acids is 2. The van der Waals surface area contributed by atoms with Gasteiger partial charge in [0.15, 0.2) is 17.6 Å². The number of methoxy groups -OCH3 is 2. The van der Waals surface area contributed by atoms with E-state index in [1.807, 2.05) is 0 Å². The van der Waals surface area contributed by atoms with Gasteiger partial charge in [-0.15, -0.1) is 0 Å². The molecular formula is C22H23N3O5. The fourth-order valence-electron chi connectivity index (χ4n) is 2.97. The maximum absolute atomic E-state index is 12.7. The van der Waals surface area contributed by atoms with Gasteiger partial charge in [-0.1, -0.05) is 0 Å². The van der Waals surface area contributed by atoms with Crippen molar-refractivity contribution in [3.8, 4) is 11.5 Å². The second-order valence-electron chi connectivity index (χ2n) is 6.56. The highest BCUT2D eigenvalue weighted by atomic mass is 16.5. The molecule has 1 heterocycles. The van der Waals surface area contributed by atoms with Crippen LogP contribution in [0.25, 0.3) is 0 Å². The molecule has 1 aliphatic heterocycles. The first-order chi connectivity index (χ1) is 14.5. The zero-order chi connectivity index (χ0) is 21.5. The molecule has 8 nitrogen and oxygen atoms in total. The van der Waals surface area contributed by atoms with Gasteiger partial charge in [0.2, 0.25) is 0 Å². The van der Waals surface area contributed by atoms with E-state index < -0.39 is 11.9 Å². The number of azo groups is 1. The Hall–Kier alpha value is -3.68. The van der Waals surface area contributed by atoms with E-state index in [0.29, 0.717) is 41.5 Å². The van der Waals surface area contributed by atoms with E-state index >= 15 is 0 Å². The van der Waals surface area contributed by atoms with Gasteiger partial charge in [-0.05, 0) is 55.5 Å². The Kier molecular flexibility index (Phi) is 6.79. The molecule has 0 radical (unpaired) electrons. The Balaban J connectivity index is 1.80. The minimum Gasteiger partial charge on any atom is -0.497 e. The number of hydrogen-bond acceptors (Lipinski definition) is 7. The molecule has 1 N–H and O–H groups in total. The number of carbonyl (C=O) groups is 2. The standard InChI is InChI=1S/C22H23N3O5/c1-14(26)20(25-24-16-6-10-18(29-3)11-7-16)19-12-13-30-21(19)22(27)23-15-4-8-17(28-2)9-5-15/h4-11,20H,12-13H2,1-3H3,(H,23,27). The predicted octanol–water partition coefficient (Wildman–Crippen LogP) is 4.06. The van der Waals surface area contributed by atoms with E-state index in [-0.39, 0.29) is 11.5 Å². The number of nitrogens with one attached hydrogen (secondary N) is 1. The summed E-state index contributed by atoms with van der Waals surface area (Å²) in [6.45, 7) is 1.73. The number of Topliss-reactive ketones (excluding diaryl/α,β-unsaturated/α-hetero) is 1. The molecule has 2 aromatic carbocycles. The van der Waals surface area contributed by atoms with Crippen molar-refractivity contribution in [2.45, 2.75) is 19.4 Å². The van der Waals surface area contributed by atoms with E-state index in [2.05, 4.69) is 15.5 Å². The number of ketones is 1. The molecule has 156 valence electrons. The Morgan fingerprint density at radius 1 is 1.00 bits per heavy atom. The summed E-state index contributed by atoms with van der Waals surface area (Å²) < 4.78 is 15.8. The molecule has 0 bridgehead atoms. The summed E-state index contributed by atoms with van der Waals surface area (Å²) in [5, 5.41) is 11.1. The monoisotopic (exact) mass is 409 g/mol. The maximum atomic E-state index is 12.7. The quantitative estimate of drug-likeness (QED) is 0.663. The summed E-state index contributed by atoms with van der Waals surface area (Å²) in [5.41, 5.74) is 1.68. The lowest BCUT2D eigenvalue weighted by Crippen LogP contribution is -2.22. The molecular weight excluding hydrogens is 386 g/mol. The number of amides is 1. The van der Waals surface area contributed by atoms with E-state index in [0.717, 1.165) is 0 Å². The van der Waals surface area contributed by atoms with Gasteiger partial charge in [-0.3, -0.25) is 9.59 Å². The normalized spacial score (nSPS) is 14.4. The van der Waals surface area contributed by atoms with Crippen LogP contribution >= 0.6 is 0 Å². The van der Waals surface area contributed by atoms with Gasteiger partial charge in [0.05, 0.1) is 26.5 Å². The number of nitrogens with zero attached hydrogens (tertiary/aromatic N) is 2. The summed E-state index contributed by atoms with van der Waals surface area (Å²) in [7, 11) is 3.15. The van der Waals surface area contributed by atoms with Crippen molar-refractivity contribution in [2.24, 2.45) is 10.2 Å². The first-order valence-corrected chi connectivity index (χ1v) is 9.38. The predicted molar refractivity (Wildman–Crippen MR) is 111 cm³/mol. The van der Waals surface area contributed by atoms with Crippen LogP contribution in [0.2, 0.25) is 0 Å². The van der Waals surface area contributed by atoms with E-state index in [9.17, 15) is 9.59 Å². The molecule has 1 aliphatic rings. The highest BCUT2D eigenvalue weighted by Crippen LogP contribution is 2.28. The smallest absolute Gasteiger partial charge is 0.290 e. The third-order valence-electron chi connectivity index (χ3n) is 4.54. The first-order valence-electron chi connectivity index (χ1n) is 9.38. The van der Waals surface area contributed by atoms with Crippen LogP contribution in [0, 0.1) is 0 Å². The van der Waals surface area contributed by atoms with Crippen molar-refractivity contribution in [1.29, 1.82) is 0 Å². The molecule has 30 heavy (non-hydrogen) atoms. The molecule has 1 atom stereocenters. The second-order valence-corrected chi connectivity index (χ2v) is 6.56. The van der Waals surface area contributed by atoms with Crippen LogP contribution in [0.15, 0.2) is 70.1 Å². The molecule has 0 aromatic heterocycles. The topological polar surface area (TPSA) is 98.6 Å². The lowest BCUT2D eigenvalue weighted by Gasteiger charge is -2.12. The molecule has 0 spiro atoms. The molecule has 8 heteroatoms. The number of hydrogen-bond donors (Lipinski definition) is 1. The fourth-order valence-corrected chi connectivity index (χ4v) is 2.97. The van der Waals surface area contributed by atoms with E-state index in [1.165, 1.54) is 6.92 Å². The van der Waals surface area contributed by atoms with Gasteiger partial charge in [0.1, 0.15) is 11.5 Å². The number of benzene rings is 2. The van der Waals surface area contributed by atoms with Gasteiger partial charge in [-0.25, -0.2) is 0 Å². The molecule has 3 rings (SSSR count). The van der Waals surface area contributed by atoms with E-state index in [4.69, 9.17) is 14.2 Å². The van der Waals surface area contributed by atoms with Gasteiger partial charge in [0, 0.05) is 17.7 Å². The van der Waals surface area contributed by atoms with E-state index in [1.54, 1.807) is 62.8 Å². The molecule has 2 aromatic rings. The summed E-state index contributed by atoms with van der Waals surface area (Å²) >= 11 is 0.